The summed E-state index contributed by atoms with van der Waals surface area (Å²) in [5, 5.41) is 4.73. The Balaban J connectivity index is 1.93. The number of carbonyl (C=O) groups is 1. The third-order valence-electron chi connectivity index (χ3n) is 3.09. The highest BCUT2D eigenvalue weighted by Gasteiger charge is 2.10. The highest BCUT2D eigenvalue weighted by Crippen LogP contribution is 2.22. The lowest BCUT2D eigenvalue weighted by atomic mass is 10.1. The van der Waals surface area contributed by atoms with E-state index in [1.807, 2.05) is 24.3 Å². The Labute approximate surface area is 121 Å². The van der Waals surface area contributed by atoms with Crippen molar-refractivity contribution in [3.05, 3.63) is 60.7 Å². The first-order valence-electron chi connectivity index (χ1n) is 6.35. The number of amides is 1. The predicted molar refractivity (Wildman–Crippen MR) is 81.7 cm³/mol. The van der Waals surface area contributed by atoms with Crippen LogP contribution in [0.25, 0.3) is 10.8 Å². The van der Waals surface area contributed by atoms with E-state index in [1.165, 1.54) is 6.20 Å². The molecule has 0 fully saturated rings. The van der Waals surface area contributed by atoms with Gasteiger partial charge >= 0.3 is 0 Å². The van der Waals surface area contributed by atoms with Gasteiger partial charge in [0, 0.05) is 24.0 Å². The maximum absolute atomic E-state index is 12.3. The number of pyridine rings is 2. The Kier molecular flexibility index (Phi) is 3.44. The van der Waals surface area contributed by atoms with Gasteiger partial charge in [-0.3, -0.25) is 20.6 Å². The van der Waals surface area contributed by atoms with Gasteiger partial charge in [-0.15, -0.1) is 0 Å². The topological polar surface area (TPSA) is 92.9 Å². The molecule has 1 amide bonds. The molecule has 2 aromatic heterocycles. The normalized spacial score (nSPS) is 10.3. The molecule has 0 bridgehead atoms. The molecule has 4 N–H and O–H groups in total. The second kappa shape index (κ2) is 5.56. The minimum atomic E-state index is -0.302. The molecule has 3 aromatic rings. The number of nitrogen functional groups attached to an aromatic ring is 1. The Hall–Kier alpha value is -2.99. The Morgan fingerprint density at radius 2 is 2.05 bits per heavy atom. The van der Waals surface area contributed by atoms with Crippen LogP contribution in [0, 0.1) is 0 Å². The van der Waals surface area contributed by atoms with Gasteiger partial charge in [-0.25, -0.2) is 0 Å². The zero-order chi connectivity index (χ0) is 14.7. The smallest absolute Gasteiger partial charge is 0.274 e. The molecular formula is C15H13N5O. The molecule has 104 valence electrons. The van der Waals surface area contributed by atoms with Crippen molar-refractivity contribution >= 4 is 28.1 Å². The summed E-state index contributed by atoms with van der Waals surface area (Å²) in [6, 6.07) is 10.8. The summed E-state index contributed by atoms with van der Waals surface area (Å²) in [6.07, 6.45) is 4.96. The first-order chi connectivity index (χ1) is 10.3. The predicted octanol–water partition coefficient (Wildman–Crippen LogP) is 2.17. The minimum absolute atomic E-state index is 0.284. The van der Waals surface area contributed by atoms with E-state index in [1.54, 1.807) is 24.5 Å². The van der Waals surface area contributed by atoms with Gasteiger partial charge in [0.1, 0.15) is 5.69 Å². The number of aromatic nitrogens is 2. The second-order valence-electron chi connectivity index (χ2n) is 4.43. The molecule has 0 aliphatic heterocycles. The van der Waals surface area contributed by atoms with Crippen LogP contribution in [0.2, 0.25) is 0 Å². The minimum Gasteiger partial charge on any atom is -0.324 e. The van der Waals surface area contributed by atoms with Crippen molar-refractivity contribution in [3.8, 4) is 0 Å². The van der Waals surface area contributed by atoms with Crippen LogP contribution in [-0.4, -0.2) is 15.9 Å². The molecule has 0 spiro atoms. The Morgan fingerprint density at radius 3 is 2.90 bits per heavy atom. The van der Waals surface area contributed by atoms with Crippen molar-refractivity contribution in [2.24, 2.45) is 5.84 Å². The molecule has 3 rings (SSSR count). The molecule has 6 heteroatoms. The Bertz CT molecular complexity index is 797. The summed E-state index contributed by atoms with van der Waals surface area (Å²) in [4.78, 5) is 20.4. The molecule has 0 saturated heterocycles. The van der Waals surface area contributed by atoms with Crippen LogP contribution in [0.4, 0.5) is 11.4 Å². The molecule has 0 unspecified atom stereocenters. The summed E-state index contributed by atoms with van der Waals surface area (Å²) < 4.78 is 0. The van der Waals surface area contributed by atoms with Crippen molar-refractivity contribution in [1.82, 2.24) is 9.97 Å². The van der Waals surface area contributed by atoms with E-state index in [0.717, 1.165) is 10.8 Å². The molecule has 0 aliphatic rings. The fraction of sp³-hybridized carbons (Fsp3) is 0. The van der Waals surface area contributed by atoms with Gasteiger partial charge in [-0.2, -0.15) is 0 Å². The standard InChI is InChI=1S/C15H13N5O/c16-20-11-5-7-18-14(8-11)15(21)19-13-3-1-2-10-4-6-17-9-12(10)13/h1-9H,16H2,(H,18,20)(H,19,21). The maximum Gasteiger partial charge on any atom is 0.274 e. The fourth-order valence-corrected chi connectivity index (χ4v) is 2.05. The number of fused-ring (bicyclic) bond motifs is 1. The number of anilines is 2. The average molecular weight is 279 g/mol. The van der Waals surface area contributed by atoms with Gasteiger partial charge in [0.25, 0.3) is 5.91 Å². The van der Waals surface area contributed by atoms with E-state index in [0.29, 0.717) is 11.4 Å². The van der Waals surface area contributed by atoms with Gasteiger partial charge in [0.2, 0.25) is 0 Å². The third kappa shape index (κ3) is 2.65. The van der Waals surface area contributed by atoms with Gasteiger partial charge < -0.3 is 10.7 Å². The van der Waals surface area contributed by atoms with Crippen molar-refractivity contribution in [2.45, 2.75) is 0 Å². The molecule has 0 saturated carbocycles. The summed E-state index contributed by atoms with van der Waals surface area (Å²) in [5.74, 6) is 5.03. The highest BCUT2D eigenvalue weighted by atomic mass is 16.1. The van der Waals surface area contributed by atoms with Crippen molar-refractivity contribution in [2.75, 3.05) is 10.7 Å². The number of hydrogen-bond acceptors (Lipinski definition) is 5. The largest absolute Gasteiger partial charge is 0.324 e. The summed E-state index contributed by atoms with van der Waals surface area (Å²) in [7, 11) is 0. The lowest BCUT2D eigenvalue weighted by molar-refractivity contribution is 0.102. The number of hydrazine groups is 1. The van der Waals surface area contributed by atoms with Crippen molar-refractivity contribution < 1.29 is 4.79 Å². The summed E-state index contributed by atoms with van der Waals surface area (Å²) >= 11 is 0. The zero-order valence-corrected chi connectivity index (χ0v) is 11.1. The van der Waals surface area contributed by atoms with Crippen LogP contribution >= 0.6 is 0 Å². The lowest BCUT2D eigenvalue weighted by Gasteiger charge is -2.08. The van der Waals surface area contributed by atoms with E-state index in [4.69, 9.17) is 5.84 Å². The van der Waals surface area contributed by atoms with E-state index < -0.39 is 0 Å². The monoisotopic (exact) mass is 279 g/mol. The molecule has 0 atom stereocenters. The van der Waals surface area contributed by atoms with Crippen molar-refractivity contribution in [3.63, 3.8) is 0 Å². The average Bonchev–Trinajstić information content (AvgIpc) is 2.55. The highest BCUT2D eigenvalue weighted by molar-refractivity contribution is 6.08. The molecular weight excluding hydrogens is 266 g/mol. The molecule has 1 aromatic carbocycles. The maximum atomic E-state index is 12.3. The van der Waals surface area contributed by atoms with Gasteiger partial charge in [-0.1, -0.05) is 12.1 Å². The van der Waals surface area contributed by atoms with Crippen LogP contribution in [0.1, 0.15) is 10.5 Å². The number of nitrogens with zero attached hydrogens (tertiary/aromatic N) is 2. The fourth-order valence-electron chi connectivity index (χ4n) is 2.05. The van der Waals surface area contributed by atoms with Crippen LogP contribution in [0.5, 0.6) is 0 Å². The summed E-state index contributed by atoms with van der Waals surface area (Å²) in [5.41, 5.74) is 4.08. The first-order valence-corrected chi connectivity index (χ1v) is 6.35. The third-order valence-corrected chi connectivity index (χ3v) is 3.09. The lowest BCUT2D eigenvalue weighted by Crippen LogP contribution is -2.15. The number of nitrogens with two attached hydrogens (primary N) is 1. The van der Waals surface area contributed by atoms with Gasteiger partial charge in [0.05, 0.1) is 11.4 Å². The van der Waals surface area contributed by atoms with Crippen molar-refractivity contribution in [1.29, 1.82) is 0 Å². The van der Waals surface area contributed by atoms with E-state index in [2.05, 4.69) is 20.7 Å². The van der Waals surface area contributed by atoms with Crippen LogP contribution in [0.15, 0.2) is 55.0 Å². The van der Waals surface area contributed by atoms with Crippen LogP contribution in [0.3, 0.4) is 0 Å². The number of nitrogens with one attached hydrogen (secondary N) is 2. The van der Waals surface area contributed by atoms with Gasteiger partial charge in [-0.05, 0) is 29.7 Å². The molecule has 6 nitrogen and oxygen atoms in total. The zero-order valence-electron chi connectivity index (χ0n) is 11.1. The van der Waals surface area contributed by atoms with E-state index in [-0.39, 0.29) is 11.6 Å². The van der Waals surface area contributed by atoms with Crippen LogP contribution < -0.4 is 16.6 Å². The molecule has 2 heterocycles. The first kappa shape index (κ1) is 13.0. The van der Waals surface area contributed by atoms with E-state index >= 15 is 0 Å². The van der Waals surface area contributed by atoms with Gasteiger partial charge in [0.15, 0.2) is 0 Å². The molecule has 0 aliphatic carbocycles. The second-order valence-corrected chi connectivity index (χ2v) is 4.43. The van der Waals surface area contributed by atoms with Crippen LogP contribution in [-0.2, 0) is 0 Å². The number of benzene rings is 1. The Morgan fingerprint density at radius 1 is 1.14 bits per heavy atom. The number of rotatable bonds is 3. The quantitative estimate of drug-likeness (QED) is 0.504. The number of carbonyl (C=O) groups excluding carboxylic acids is 1. The summed E-state index contributed by atoms with van der Waals surface area (Å²) in [6.45, 7) is 0. The van der Waals surface area contributed by atoms with E-state index in [9.17, 15) is 4.79 Å². The molecule has 0 radical (unpaired) electrons. The molecule has 21 heavy (non-hydrogen) atoms. The SMILES string of the molecule is NNc1ccnc(C(=O)Nc2cccc3ccncc23)c1. The number of hydrogen-bond donors (Lipinski definition) is 3.